The SMILES string of the molecule is C[C@@H]1CN(S(C)(=O)=O)[C@H](C)CN1c1ccc2c(cnn2-c2ccc(F)cc2)c1. The Hall–Kier alpha value is -2.45. The van der Waals surface area contributed by atoms with Crippen molar-refractivity contribution in [3.63, 3.8) is 0 Å². The molecule has 6 nitrogen and oxygen atoms in total. The molecule has 0 unspecified atom stereocenters. The Kier molecular flexibility index (Phi) is 4.63. The van der Waals surface area contributed by atoms with Crippen LogP contribution in [0.3, 0.4) is 0 Å². The molecule has 0 radical (unpaired) electrons. The molecule has 2 aromatic carbocycles. The third-order valence-electron chi connectivity index (χ3n) is 5.31. The summed E-state index contributed by atoms with van der Waals surface area (Å²) < 4.78 is 40.5. The number of rotatable bonds is 3. The smallest absolute Gasteiger partial charge is 0.211 e. The van der Waals surface area contributed by atoms with Crippen molar-refractivity contribution < 1.29 is 12.8 Å². The van der Waals surface area contributed by atoms with Gasteiger partial charge >= 0.3 is 0 Å². The molecule has 1 fully saturated rings. The van der Waals surface area contributed by atoms with Crippen molar-refractivity contribution in [1.29, 1.82) is 0 Å². The molecule has 148 valence electrons. The maximum absolute atomic E-state index is 13.2. The van der Waals surface area contributed by atoms with Crippen molar-refractivity contribution in [1.82, 2.24) is 14.1 Å². The number of hydrogen-bond acceptors (Lipinski definition) is 4. The van der Waals surface area contributed by atoms with Gasteiger partial charge in [-0.15, -0.1) is 0 Å². The van der Waals surface area contributed by atoms with Crippen molar-refractivity contribution in [2.45, 2.75) is 25.9 Å². The molecule has 0 spiro atoms. The number of benzene rings is 2. The zero-order valence-corrected chi connectivity index (χ0v) is 16.9. The maximum Gasteiger partial charge on any atom is 0.211 e. The van der Waals surface area contributed by atoms with E-state index in [9.17, 15) is 12.8 Å². The number of sulfonamides is 1. The molecular weight excluding hydrogens is 379 g/mol. The van der Waals surface area contributed by atoms with Gasteiger partial charge in [0.05, 0.1) is 23.7 Å². The normalized spacial score (nSPS) is 21.4. The van der Waals surface area contributed by atoms with Crippen molar-refractivity contribution in [3.8, 4) is 5.69 Å². The lowest BCUT2D eigenvalue weighted by Crippen LogP contribution is -2.57. The predicted molar refractivity (Wildman–Crippen MR) is 109 cm³/mol. The van der Waals surface area contributed by atoms with Crippen LogP contribution >= 0.6 is 0 Å². The number of piperazine rings is 1. The highest BCUT2D eigenvalue weighted by atomic mass is 32.2. The summed E-state index contributed by atoms with van der Waals surface area (Å²) in [6.45, 7) is 5.07. The summed E-state index contributed by atoms with van der Waals surface area (Å²) in [5, 5.41) is 5.43. The van der Waals surface area contributed by atoms with Gasteiger partial charge in [0.1, 0.15) is 5.82 Å². The van der Waals surface area contributed by atoms with E-state index in [0.717, 1.165) is 22.3 Å². The van der Waals surface area contributed by atoms with Gasteiger partial charge in [-0.25, -0.2) is 17.5 Å². The number of nitrogens with zero attached hydrogens (tertiary/aromatic N) is 4. The molecular formula is C20H23FN4O2S. The first-order valence-electron chi connectivity index (χ1n) is 9.21. The average Bonchev–Trinajstić information content (AvgIpc) is 3.06. The van der Waals surface area contributed by atoms with Crippen molar-refractivity contribution in [2.24, 2.45) is 0 Å². The molecule has 1 aromatic heterocycles. The largest absolute Gasteiger partial charge is 0.366 e. The summed E-state index contributed by atoms with van der Waals surface area (Å²) >= 11 is 0. The first-order valence-corrected chi connectivity index (χ1v) is 11.1. The molecule has 0 aliphatic carbocycles. The number of halogens is 1. The lowest BCUT2D eigenvalue weighted by molar-refractivity contribution is 0.275. The molecule has 1 saturated heterocycles. The fraction of sp³-hybridized carbons (Fsp3) is 0.350. The minimum atomic E-state index is -3.21. The van der Waals surface area contributed by atoms with Crippen LogP contribution in [0.15, 0.2) is 48.7 Å². The molecule has 2 heterocycles. The monoisotopic (exact) mass is 402 g/mol. The van der Waals surface area contributed by atoms with Crippen LogP contribution in [0.1, 0.15) is 13.8 Å². The quantitative estimate of drug-likeness (QED) is 0.676. The Morgan fingerprint density at radius 2 is 1.68 bits per heavy atom. The zero-order chi connectivity index (χ0) is 20.1. The van der Waals surface area contributed by atoms with E-state index in [4.69, 9.17) is 0 Å². The Labute approximate surface area is 164 Å². The molecule has 1 aliphatic heterocycles. The van der Waals surface area contributed by atoms with Crippen LogP contribution in [-0.2, 0) is 10.0 Å². The van der Waals surface area contributed by atoms with Gasteiger partial charge in [0.25, 0.3) is 0 Å². The molecule has 28 heavy (non-hydrogen) atoms. The molecule has 0 amide bonds. The summed E-state index contributed by atoms with van der Waals surface area (Å²) in [4.78, 5) is 2.24. The lowest BCUT2D eigenvalue weighted by Gasteiger charge is -2.44. The van der Waals surface area contributed by atoms with E-state index >= 15 is 0 Å². The molecule has 0 bridgehead atoms. The minimum Gasteiger partial charge on any atom is -0.366 e. The van der Waals surface area contributed by atoms with Crippen LogP contribution in [0.4, 0.5) is 10.1 Å². The van der Waals surface area contributed by atoms with Crippen LogP contribution in [0.2, 0.25) is 0 Å². The van der Waals surface area contributed by atoms with E-state index in [1.54, 1.807) is 27.3 Å². The Bertz CT molecular complexity index is 1110. The number of hydrogen-bond donors (Lipinski definition) is 0. The fourth-order valence-corrected chi connectivity index (χ4v) is 5.11. The highest BCUT2D eigenvalue weighted by Crippen LogP contribution is 2.29. The fourth-order valence-electron chi connectivity index (χ4n) is 3.90. The molecule has 1 aliphatic rings. The van der Waals surface area contributed by atoms with Gasteiger partial charge in [0, 0.05) is 36.2 Å². The highest BCUT2D eigenvalue weighted by molar-refractivity contribution is 7.88. The van der Waals surface area contributed by atoms with Crippen LogP contribution in [0, 0.1) is 5.82 Å². The first kappa shape index (κ1) is 18.9. The topological polar surface area (TPSA) is 58.4 Å². The third-order valence-corrected chi connectivity index (χ3v) is 6.67. The van der Waals surface area contributed by atoms with Crippen molar-refractivity contribution in [3.05, 3.63) is 54.5 Å². The predicted octanol–water partition coefficient (Wildman–Crippen LogP) is 3.02. The van der Waals surface area contributed by atoms with E-state index in [1.165, 1.54) is 18.4 Å². The Balaban J connectivity index is 1.65. The number of anilines is 1. The second-order valence-corrected chi connectivity index (χ2v) is 9.39. The van der Waals surface area contributed by atoms with Crippen LogP contribution < -0.4 is 4.90 Å². The van der Waals surface area contributed by atoms with E-state index in [0.29, 0.717) is 13.1 Å². The van der Waals surface area contributed by atoms with Crippen molar-refractivity contribution >= 4 is 26.6 Å². The van der Waals surface area contributed by atoms with Gasteiger partial charge in [-0.2, -0.15) is 9.40 Å². The number of aromatic nitrogens is 2. The molecule has 8 heteroatoms. The number of fused-ring (bicyclic) bond motifs is 1. The summed E-state index contributed by atoms with van der Waals surface area (Å²) in [5.74, 6) is -0.279. The second kappa shape index (κ2) is 6.86. The van der Waals surface area contributed by atoms with Crippen molar-refractivity contribution in [2.75, 3.05) is 24.2 Å². The summed E-state index contributed by atoms with van der Waals surface area (Å²) in [6.07, 6.45) is 3.06. The maximum atomic E-state index is 13.2. The molecule has 3 aromatic rings. The third kappa shape index (κ3) is 3.38. The van der Waals surface area contributed by atoms with E-state index in [-0.39, 0.29) is 17.9 Å². The summed E-state index contributed by atoms with van der Waals surface area (Å²) in [7, 11) is -3.21. The van der Waals surface area contributed by atoms with E-state index in [1.807, 2.05) is 26.0 Å². The lowest BCUT2D eigenvalue weighted by atomic mass is 10.1. The van der Waals surface area contributed by atoms with Gasteiger partial charge in [0.15, 0.2) is 0 Å². The second-order valence-electron chi connectivity index (χ2n) is 7.46. The highest BCUT2D eigenvalue weighted by Gasteiger charge is 2.34. The minimum absolute atomic E-state index is 0.0653. The average molecular weight is 402 g/mol. The van der Waals surface area contributed by atoms with Gasteiger partial charge in [-0.1, -0.05) is 0 Å². The van der Waals surface area contributed by atoms with Crippen LogP contribution in [0.25, 0.3) is 16.6 Å². The summed E-state index contributed by atoms with van der Waals surface area (Å²) in [6, 6.07) is 12.3. The molecule has 4 rings (SSSR count). The Morgan fingerprint density at radius 1 is 1.00 bits per heavy atom. The molecule has 0 saturated carbocycles. The first-order chi connectivity index (χ1) is 13.2. The van der Waals surface area contributed by atoms with Gasteiger partial charge in [0.2, 0.25) is 10.0 Å². The van der Waals surface area contributed by atoms with E-state index in [2.05, 4.69) is 16.1 Å². The zero-order valence-electron chi connectivity index (χ0n) is 16.1. The molecule has 0 N–H and O–H groups in total. The van der Waals surface area contributed by atoms with E-state index < -0.39 is 10.0 Å². The van der Waals surface area contributed by atoms with Crippen LogP contribution in [-0.4, -0.2) is 53.9 Å². The standard InChI is InChI=1S/C20H23FN4O2S/c1-14-13-24(28(3,26)27)15(2)12-23(14)19-8-9-20-16(10-19)11-22-25(20)18-6-4-17(21)5-7-18/h4-11,14-15H,12-13H2,1-3H3/t14-,15-/m1/s1. The molecule has 2 atom stereocenters. The van der Waals surface area contributed by atoms with Gasteiger partial charge in [-0.3, -0.25) is 0 Å². The van der Waals surface area contributed by atoms with Gasteiger partial charge in [-0.05, 0) is 56.3 Å². The van der Waals surface area contributed by atoms with Gasteiger partial charge < -0.3 is 4.90 Å². The Morgan fingerprint density at radius 3 is 2.36 bits per heavy atom. The van der Waals surface area contributed by atoms with Crippen LogP contribution in [0.5, 0.6) is 0 Å². The summed E-state index contributed by atoms with van der Waals surface area (Å²) in [5.41, 5.74) is 2.78.